The van der Waals surface area contributed by atoms with Crippen LogP contribution in [0, 0.1) is 0 Å². The monoisotopic (exact) mass is 146 g/mol. The third-order valence-electron chi connectivity index (χ3n) is 0.972. The lowest BCUT2D eigenvalue weighted by molar-refractivity contribution is -0.116. The van der Waals surface area contributed by atoms with Gasteiger partial charge in [-0.2, -0.15) is 11.8 Å². The van der Waals surface area contributed by atoms with E-state index in [0.717, 1.165) is 0 Å². The van der Waals surface area contributed by atoms with Crippen LogP contribution in [0.15, 0.2) is 0 Å². The van der Waals surface area contributed by atoms with Crippen molar-refractivity contribution >= 4 is 17.5 Å². The normalized spacial score (nSPS) is 10.2. The van der Waals surface area contributed by atoms with Gasteiger partial charge in [0.15, 0.2) is 0 Å². The molecule has 0 N–H and O–H groups in total. The average Bonchev–Trinajstić information content (AvgIpc) is 1.83. The fraction of sp³-hybridized carbons (Fsp3) is 0.857. The summed E-state index contributed by atoms with van der Waals surface area (Å²) < 4.78 is 0. The summed E-state index contributed by atoms with van der Waals surface area (Å²) in [5.74, 6) is 1.04. The summed E-state index contributed by atoms with van der Waals surface area (Å²) in [7, 11) is 0. The van der Waals surface area contributed by atoms with Crippen molar-refractivity contribution in [3.63, 3.8) is 0 Å². The third kappa shape index (κ3) is 5.90. The Kier molecular flexibility index (Phi) is 4.87. The molecule has 0 fully saturated rings. The number of rotatable bonds is 4. The number of hydrogen-bond acceptors (Lipinski definition) is 2. The molecule has 54 valence electrons. The van der Waals surface area contributed by atoms with Gasteiger partial charge in [0.2, 0.25) is 0 Å². The fourth-order valence-corrected chi connectivity index (χ4v) is 1.09. The van der Waals surface area contributed by atoms with Crippen molar-refractivity contribution in [2.75, 3.05) is 5.75 Å². The van der Waals surface area contributed by atoms with Gasteiger partial charge in [0, 0.05) is 6.42 Å². The predicted octanol–water partition coefficient (Wildman–Crippen LogP) is 2.11. The van der Waals surface area contributed by atoms with E-state index in [1.807, 2.05) is 6.92 Å². The summed E-state index contributed by atoms with van der Waals surface area (Å²) in [6.07, 6.45) is 0.680. The van der Waals surface area contributed by atoms with Crippen molar-refractivity contribution in [2.24, 2.45) is 0 Å². The smallest absolute Gasteiger partial charge is 0.142 e. The van der Waals surface area contributed by atoms with Gasteiger partial charge in [-0.05, 0) is 5.25 Å². The van der Waals surface area contributed by atoms with Crippen molar-refractivity contribution in [1.82, 2.24) is 0 Å². The first-order valence-corrected chi connectivity index (χ1v) is 4.35. The summed E-state index contributed by atoms with van der Waals surface area (Å²) >= 11 is 1.71. The lowest BCUT2D eigenvalue weighted by Gasteiger charge is -2.00. The Morgan fingerprint density at radius 3 is 2.44 bits per heavy atom. The van der Waals surface area contributed by atoms with Gasteiger partial charge in [0.05, 0.1) is 5.75 Å². The molecule has 0 rings (SSSR count). The molecule has 0 aromatic heterocycles. The predicted molar refractivity (Wildman–Crippen MR) is 42.9 cm³/mol. The van der Waals surface area contributed by atoms with Crippen molar-refractivity contribution in [3.8, 4) is 0 Å². The molecule has 0 heterocycles. The van der Waals surface area contributed by atoms with Crippen LogP contribution in [0.4, 0.5) is 0 Å². The number of carbonyl (C=O) groups is 1. The van der Waals surface area contributed by atoms with E-state index < -0.39 is 0 Å². The van der Waals surface area contributed by atoms with Gasteiger partial charge in [0.25, 0.3) is 0 Å². The summed E-state index contributed by atoms with van der Waals surface area (Å²) in [6, 6.07) is 0. The van der Waals surface area contributed by atoms with Gasteiger partial charge in [-0.15, -0.1) is 0 Å². The first-order chi connectivity index (χ1) is 4.16. The minimum atomic E-state index is 0.355. The molecule has 0 aromatic rings. The number of thioether (sulfide) groups is 1. The van der Waals surface area contributed by atoms with E-state index in [-0.39, 0.29) is 0 Å². The fourth-order valence-electron chi connectivity index (χ4n) is 0.362. The molecule has 0 aliphatic carbocycles. The number of hydrogen-bond donors (Lipinski definition) is 0. The minimum Gasteiger partial charge on any atom is -0.299 e. The standard InChI is InChI=1S/C7H14OS/c1-4-7(8)5-9-6(2)3/h6H,4-5H2,1-3H3. The van der Waals surface area contributed by atoms with E-state index in [0.29, 0.717) is 23.2 Å². The molecule has 1 nitrogen and oxygen atoms in total. The van der Waals surface area contributed by atoms with E-state index in [2.05, 4.69) is 13.8 Å². The molecule has 0 aliphatic rings. The van der Waals surface area contributed by atoms with Gasteiger partial charge in [-0.3, -0.25) is 4.79 Å². The Bertz CT molecular complexity index is 88.9. The highest BCUT2D eigenvalue weighted by Gasteiger charge is 1.99. The topological polar surface area (TPSA) is 17.1 Å². The highest BCUT2D eigenvalue weighted by molar-refractivity contribution is 8.00. The lowest BCUT2D eigenvalue weighted by Crippen LogP contribution is -2.01. The van der Waals surface area contributed by atoms with Crippen LogP contribution in [0.5, 0.6) is 0 Å². The zero-order valence-corrected chi connectivity index (χ0v) is 7.12. The van der Waals surface area contributed by atoms with Crippen molar-refractivity contribution in [1.29, 1.82) is 0 Å². The van der Waals surface area contributed by atoms with Crippen LogP contribution in [0.1, 0.15) is 27.2 Å². The maximum atomic E-state index is 10.7. The first-order valence-electron chi connectivity index (χ1n) is 3.30. The van der Waals surface area contributed by atoms with Crippen molar-refractivity contribution in [3.05, 3.63) is 0 Å². The Morgan fingerprint density at radius 2 is 2.11 bits per heavy atom. The highest BCUT2D eigenvalue weighted by Crippen LogP contribution is 2.08. The summed E-state index contributed by atoms with van der Waals surface area (Å²) in [6.45, 7) is 6.12. The van der Waals surface area contributed by atoms with Crippen LogP contribution < -0.4 is 0 Å². The Labute approximate surface area is 61.2 Å². The van der Waals surface area contributed by atoms with Crippen LogP contribution in [-0.2, 0) is 4.79 Å². The molecular formula is C7H14OS. The lowest BCUT2D eigenvalue weighted by atomic mass is 10.4. The van der Waals surface area contributed by atoms with Crippen LogP contribution in [0.25, 0.3) is 0 Å². The quantitative estimate of drug-likeness (QED) is 0.604. The number of ketones is 1. The van der Waals surface area contributed by atoms with E-state index >= 15 is 0 Å². The summed E-state index contributed by atoms with van der Waals surface area (Å²) in [4.78, 5) is 10.7. The van der Waals surface area contributed by atoms with Crippen molar-refractivity contribution in [2.45, 2.75) is 32.4 Å². The van der Waals surface area contributed by atoms with Gasteiger partial charge in [0.1, 0.15) is 5.78 Å². The Balaban J connectivity index is 3.17. The molecule has 0 unspecified atom stereocenters. The van der Waals surface area contributed by atoms with Crippen LogP contribution in [0.2, 0.25) is 0 Å². The molecule has 0 aromatic carbocycles. The zero-order chi connectivity index (χ0) is 7.28. The zero-order valence-electron chi connectivity index (χ0n) is 6.31. The maximum absolute atomic E-state index is 10.7. The molecule has 0 radical (unpaired) electrons. The molecule has 0 amide bonds. The summed E-state index contributed by atoms with van der Waals surface area (Å²) in [5.41, 5.74) is 0. The Hall–Kier alpha value is 0.0200. The SMILES string of the molecule is CCC(=O)CSC(C)C. The highest BCUT2D eigenvalue weighted by atomic mass is 32.2. The third-order valence-corrected chi connectivity index (χ3v) is 2.13. The van der Waals surface area contributed by atoms with Gasteiger partial charge < -0.3 is 0 Å². The van der Waals surface area contributed by atoms with E-state index in [1.54, 1.807) is 11.8 Å². The molecular weight excluding hydrogens is 132 g/mol. The molecule has 2 heteroatoms. The van der Waals surface area contributed by atoms with Crippen LogP contribution in [0.3, 0.4) is 0 Å². The molecule has 0 aliphatic heterocycles. The maximum Gasteiger partial charge on any atom is 0.142 e. The van der Waals surface area contributed by atoms with Gasteiger partial charge >= 0.3 is 0 Å². The second-order valence-corrected chi connectivity index (χ2v) is 3.82. The van der Waals surface area contributed by atoms with E-state index in [9.17, 15) is 4.79 Å². The Morgan fingerprint density at radius 1 is 1.56 bits per heavy atom. The van der Waals surface area contributed by atoms with Gasteiger partial charge in [-0.25, -0.2) is 0 Å². The molecule has 9 heavy (non-hydrogen) atoms. The second kappa shape index (κ2) is 4.86. The summed E-state index contributed by atoms with van der Waals surface area (Å²) in [5, 5.41) is 0.584. The largest absolute Gasteiger partial charge is 0.299 e. The first kappa shape index (κ1) is 9.02. The molecule has 0 bridgehead atoms. The number of carbonyl (C=O) groups excluding carboxylic acids is 1. The number of Topliss-reactive ketones (excluding diaryl/α,β-unsaturated/α-hetero) is 1. The molecule has 0 atom stereocenters. The molecule has 0 saturated carbocycles. The second-order valence-electron chi connectivity index (χ2n) is 2.25. The van der Waals surface area contributed by atoms with Crippen molar-refractivity contribution < 1.29 is 4.79 Å². The minimum absolute atomic E-state index is 0.355. The van der Waals surface area contributed by atoms with E-state index in [4.69, 9.17) is 0 Å². The van der Waals surface area contributed by atoms with Gasteiger partial charge in [-0.1, -0.05) is 20.8 Å². The van der Waals surface area contributed by atoms with Crippen LogP contribution in [-0.4, -0.2) is 16.8 Å². The van der Waals surface area contributed by atoms with E-state index in [1.165, 1.54) is 0 Å². The molecule has 0 saturated heterocycles. The average molecular weight is 146 g/mol. The van der Waals surface area contributed by atoms with Crippen LogP contribution >= 0.6 is 11.8 Å². The molecule has 0 spiro atoms.